The third-order valence-corrected chi connectivity index (χ3v) is 4.41. The molecule has 1 rings (SSSR count). The first kappa shape index (κ1) is 18.9. The first-order valence-corrected chi connectivity index (χ1v) is 8.68. The fraction of sp³-hybridized carbons (Fsp3) is 1.00. The van der Waals surface area contributed by atoms with Crippen LogP contribution in [0, 0.1) is 5.92 Å². The maximum atomic E-state index is 10.0. The predicted octanol–water partition coefficient (Wildman–Crippen LogP) is 2.74. The minimum atomic E-state index is -0.438. The molecule has 1 fully saturated rings. The van der Waals surface area contributed by atoms with E-state index in [9.17, 15) is 5.11 Å². The average Bonchev–Trinajstić information content (AvgIpc) is 2.49. The third kappa shape index (κ3) is 8.15. The number of hydrogen-bond acceptors (Lipinski definition) is 4. The Hall–Kier alpha value is -0.160. The molecule has 2 N–H and O–H groups in total. The molecule has 1 aliphatic heterocycles. The van der Waals surface area contributed by atoms with E-state index in [4.69, 9.17) is 9.47 Å². The van der Waals surface area contributed by atoms with Crippen molar-refractivity contribution in [2.45, 2.75) is 70.9 Å². The van der Waals surface area contributed by atoms with Gasteiger partial charge in [0.1, 0.15) is 0 Å². The summed E-state index contributed by atoms with van der Waals surface area (Å²) in [6, 6.07) is 0. The van der Waals surface area contributed by atoms with Crippen molar-refractivity contribution in [3.05, 3.63) is 0 Å². The number of aliphatic hydroxyl groups excluding tert-OH is 1. The van der Waals surface area contributed by atoms with Crippen molar-refractivity contribution in [1.82, 2.24) is 5.32 Å². The molecule has 0 radical (unpaired) electrons. The van der Waals surface area contributed by atoms with Gasteiger partial charge in [-0.2, -0.15) is 0 Å². The van der Waals surface area contributed by atoms with Gasteiger partial charge in [-0.05, 0) is 32.1 Å². The molecule has 0 aromatic rings. The second-order valence-corrected chi connectivity index (χ2v) is 6.71. The smallest absolute Gasteiger partial charge is 0.0897 e. The van der Waals surface area contributed by atoms with Gasteiger partial charge in [0.05, 0.1) is 19.3 Å². The zero-order valence-corrected chi connectivity index (χ0v) is 14.2. The summed E-state index contributed by atoms with van der Waals surface area (Å²) in [5.74, 6) is 0.634. The Kier molecular flexibility index (Phi) is 9.49. The van der Waals surface area contributed by atoms with E-state index in [1.165, 1.54) is 19.3 Å². The van der Waals surface area contributed by atoms with Gasteiger partial charge in [0, 0.05) is 25.3 Å². The molecule has 4 nitrogen and oxygen atoms in total. The molecule has 1 heterocycles. The lowest BCUT2D eigenvalue weighted by atomic mass is 9.95. The quantitative estimate of drug-likeness (QED) is 0.616. The van der Waals surface area contributed by atoms with Gasteiger partial charge >= 0.3 is 0 Å². The van der Waals surface area contributed by atoms with Crippen LogP contribution in [0.5, 0.6) is 0 Å². The van der Waals surface area contributed by atoms with Gasteiger partial charge in [0.25, 0.3) is 0 Å². The molecule has 0 amide bonds. The van der Waals surface area contributed by atoms with Crippen LogP contribution in [0.1, 0.15) is 59.3 Å². The summed E-state index contributed by atoms with van der Waals surface area (Å²) in [5.41, 5.74) is 0.00626. The number of unbranched alkanes of at least 4 members (excludes halogenated alkanes) is 1. The summed E-state index contributed by atoms with van der Waals surface area (Å²) in [7, 11) is 0. The molecular formula is C17H35NO3. The lowest BCUT2D eigenvalue weighted by molar-refractivity contribution is -0.000791. The van der Waals surface area contributed by atoms with Crippen LogP contribution in [-0.2, 0) is 9.47 Å². The van der Waals surface area contributed by atoms with Gasteiger partial charge in [-0.25, -0.2) is 0 Å². The van der Waals surface area contributed by atoms with Crippen LogP contribution < -0.4 is 5.32 Å². The lowest BCUT2D eigenvalue weighted by Crippen LogP contribution is -2.51. The van der Waals surface area contributed by atoms with Crippen LogP contribution in [0.25, 0.3) is 0 Å². The molecule has 1 saturated heterocycles. The Morgan fingerprint density at radius 1 is 1.33 bits per heavy atom. The van der Waals surface area contributed by atoms with Crippen molar-refractivity contribution in [2.75, 3.05) is 33.0 Å². The molecular weight excluding hydrogens is 266 g/mol. The van der Waals surface area contributed by atoms with Crippen LogP contribution in [-0.4, -0.2) is 49.7 Å². The van der Waals surface area contributed by atoms with Crippen molar-refractivity contribution >= 4 is 0 Å². The van der Waals surface area contributed by atoms with Gasteiger partial charge < -0.3 is 19.9 Å². The van der Waals surface area contributed by atoms with Crippen molar-refractivity contribution < 1.29 is 14.6 Å². The first-order chi connectivity index (χ1) is 10.1. The molecule has 126 valence electrons. The van der Waals surface area contributed by atoms with Crippen LogP contribution in [0.15, 0.2) is 0 Å². The summed E-state index contributed by atoms with van der Waals surface area (Å²) in [5, 5.41) is 13.5. The van der Waals surface area contributed by atoms with E-state index in [0.717, 1.165) is 39.1 Å². The monoisotopic (exact) mass is 301 g/mol. The maximum Gasteiger partial charge on any atom is 0.0897 e. The SMILES string of the molecule is CCCCC(CC)COCC(O)CNC1(C)CCCOC1. The number of rotatable bonds is 11. The molecule has 3 unspecified atom stereocenters. The number of ether oxygens (including phenoxy) is 2. The molecule has 0 spiro atoms. The van der Waals surface area contributed by atoms with Crippen LogP contribution in [0.4, 0.5) is 0 Å². The molecule has 0 aromatic heterocycles. The third-order valence-electron chi connectivity index (χ3n) is 4.41. The van der Waals surface area contributed by atoms with Crippen LogP contribution in [0.2, 0.25) is 0 Å². The number of aliphatic hydroxyl groups is 1. The number of hydrogen-bond donors (Lipinski definition) is 2. The molecule has 0 aromatic carbocycles. The molecule has 0 saturated carbocycles. The number of nitrogens with one attached hydrogen (secondary N) is 1. The van der Waals surface area contributed by atoms with E-state index >= 15 is 0 Å². The summed E-state index contributed by atoms with van der Waals surface area (Å²) in [4.78, 5) is 0. The van der Waals surface area contributed by atoms with E-state index in [0.29, 0.717) is 19.1 Å². The average molecular weight is 301 g/mol. The van der Waals surface area contributed by atoms with Crippen molar-refractivity contribution in [3.63, 3.8) is 0 Å². The lowest BCUT2D eigenvalue weighted by Gasteiger charge is -2.35. The zero-order chi connectivity index (χ0) is 15.6. The molecule has 1 aliphatic rings. The van der Waals surface area contributed by atoms with E-state index < -0.39 is 6.10 Å². The minimum Gasteiger partial charge on any atom is -0.389 e. The Balaban J connectivity index is 2.11. The van der Waals surface area contributed by atoms with E-state index in [1.807, 2.05) is 0 Å². The van der Waals surface area contributed by atoms with Gasteiger partial charge in [0.2, 0.25) is 0 Å². The maximum absolute atomic E-state index is 10.0. The molecule has 4 heteroatoms. The van der Waals surface area contributed by atoms with Crippen molar-refractivity contribution in [1.29, 1.82) is 0 Å². The second kappa shape index (κ2) is 10.5. The van der Waals surface area contributed by atoms with Gasteiger partial charge in [-0.1, -0.05) is 33.1 Å². The van der Waals surface area contributed by atoms with Crippen LogP contribution in [0.3, 0.4) is 0 Å². The highest BCUT2D eigenvalue weighted by Gasteiger charge is 2.27. The Morgan fingerprint density at radius 3 is 2.76 bits per heavy atom. The van der Waals surface area contributed by atoms with E-state index in [-0.39, 0.29) is 5.54 Å². The van der Waals surface area contributed by atoms with Crippen LogP contribution >= 0.6 is 0 Å². The number of β-amino-alcohol motifs (C(OH)–C–C–N with tert-alkyl or cyclic N) is 1. The van der Waals surface area contributed by atoms with Crippen molar-refractivity contribution in [3.8, 4) is 0 Å². The molecule has 3 atom stereocenters. The molecule has 21 heavy (non-hydrogen) atoms. The Bertz CT molecular complexity index is 254. The highest BCUT2D eigenvalue weighted by molar-refractivity contribution is 4.86. The predicted molar refractivity (Wildman–Crippen MR) is 86.6 cm³/mol. The Morgan fingerprint density at radius 2 is 2.14 bits per heavy atom. The highest BCUT2D eigenvalue weighted by atomic mass is 16.5. The standard InChI is InChI=1S/C17H35NO3/c1-4-6-8-15(5-2)12-21-13-16(19)11-18-17(3)9-7-10-20-14-17/h15-16,18-19H,4-14H2,1-3H3. The second-order valence-electron chi connectivity index (χ2n) is 6.71. The van der Waals surface area contributed by atoms with Gasteiger partial charge in [-0.3, -0.25) is 0 Å². The van der Waals surface area contributed by atoms with E-state index in [2.05, 4.69) is 26.1 Å². The zero-order valence-electron chi connectivity index (χ0n) is 14.2. The topological polar surface area (TPSA) is 50.7 Å². The molecule has 0 aliphatic carbocycles. The summed E-state index contributed by atoms with van der Waals surface area (Å²) in [6.45, 7) is 9.96. The largest absolute Gasteiger partial charge is 0.389 e. The molecule has 0 bridgehead atoms. The van der Waals surface area contributed by atoms with E-state index in [1.54, 1.807) is 0 Å². The van der Waals surface area contributed by atoms with Gasteiger partial charge in [0.15, 0.2) is 0 Å². The minimum absolute atomic E-state index is 0.00626. The summed E-state index contributed by atoms with van der Waals surface area (Å²) in [6.07, 6.45) is 6.66. The van der Waals surface area contributed by atoms with Crippen molar-refractivity contribution in [2.24, 2.45) is 5.92 Å². The summed E-state index contributed by atoms with van der Waals surface area (Å²) < 4.78 is 11.2. The fourth-order valence-electron chi connectivity index (χ4n) is 2.77. The fourth-order valence-corrected chi connectivity index (χ4v) is 2.77. The van der Waals surface area contributed by atoms with Gasteiger partial charge in [-0.15, -0.1) is 0 Å². The Labute approximate surface area is 130 Å². The first-order valence-electron chi connectivity index (χ1n) is 8.68. The highest BCUT2D eigenvalue weighted by Crippen LogP contribution is 2.18. The summed E-state index contributed by atoms with van der Waals surface area (Å²) >= 11 is 0. The normalized spacial score (nSPS) is 25.7.